The van der Waals surface area contributed by atoms with E-state index in [0.29, 0.717) is 11.3 Å². The molecule has 0 aliphatic carbocycles. The lowest BCUT2D eigenvalue weighted by Gasteiger charge is -2.15. The first-order valence-corrected chi connectivity index (χ1v) is 6.65. The van der Waals surface area contributed by atoms with Crippen molar-refractivity contribution in [2.45, 2.75) is 19.4 Å². The first kappa shape index (κ1) is 13.1. The van der Waals surface area contributed by atoms with E-state index in [9.17, 15) is 4.79 Å². The van der Waals surface area contributed by atoms with E-state index < -0.39 is 0 Å². The third kappa shape index (κ3) is 2.71. The van der Waals surface area contributed by atoms with Crippen molar-refractivity contribution in [3.8, 4) is 6.07 Å². The van der Waals surface area contributed by atoms with Crippen LogP contribution in [0.3, 0.4) is 0 Å². The third-order valence-corrected chi connectivity index (χ3v) is 3.72. The zero-order valence-corrected chi connectivity index (χ0v) is 11.6. The van der Waals surface area contributed by atoms with Gasteiger partial charge < -0.3 is 10.6 Å². The SMILES string of the molecule is CC1NCCC1C(=O)Nc1ccc(Br)cc1C#N. The molecule has 2 rings (SSSR count). The van der Waals surface area contributed by atoms with Gasteiger partial charge in [-0.2, -0.15) is 5.26 Å². The van der Waals surface area contributed by atoms with Gasteiger partial charge in [0.25, 0.3) is 0 Å². The Morgan fingerprint density at radius 1 is 1.61 bits per heavy atom. The Morgan fingerprint density at radius 3 is 3.00 bits per heavy atom. The fourth-order valence-corrected chi connectivity index (χ4v) is 2.52. The summed E-state index contributed by atoms with van der Waals surface area (Å²) in [7, 11) is 0. The number of amides is 1. The van der Waals surface area contributed by atoms with Crippen LogP contribution in [-0.2, 0) is 4.79 Å². The van der Waals surface area contributed by atoms with Crippen LogP contribution >= 0.6 is 15.9 Å². The quantitative estimate of drug-likeness (QED) is 0.881. The summed E-state index contributed by atoms with van der Waals surface area (Å²) < 4.78 is 0.827. The zero-order chi connectivity index (χ0) is 13.1. The van der Waals surface area contributed by atoms with Gasteiger partial charge in [-0.15, -0.1) is 0 Å². The third-order valence-electron chi connectivity index (χ3n) is 3.22. The van der Waals surface area contributed by atoms with Crippen molar-refractivity contribution in [1.82, 2.24) is 5.32 Å². The van der Waals surface area contributed by atoms with E-state index in [0.717, 1.165) is 17.4 Å². The summed E-state index contributed by atoms with van der Waals surface area (Å²) in [4.78, 5) is 12.1. The molecule has 1 aliphatic rings. The standard InChI is InChI=1S/C13H14BrN3O/c1-8-11(4-5-16-8)13(18)17-12-3-2-10(14)6-9(12)7-15/h2-3,6,8,11,16H,4-5H2,1H3,(H,17,18). The summed E-state index contributed by atoms with van der Waals surface area (Å²) in [5.41, 5.74) is 1.04. The fourth-order valence-electron chi connectivity index (χ4n) is 2.16. The Morgan fingerprint density at radius 2 is 2.39 bits per heavy atom. The van der Waals surface area contributed by atoms with E-state index >= 15 is 0 Å². The molecule has 5 heteroatoms. The number of nitriles is 1. The summed E-state index contributed by atoms with van der Waals surface area (Å²) in [6.45, 7) is 2.87. The predicted octanol–water partition coefficient (Wildman–Crippen LogP) is 2.26. The molecule has 0 radical (unpaired) electrons. The monoisotopic (exact) mass is 307 g/mol. The molecule has 2 atom stereocenters. The van der Waals surface area contributed by atoms with Crippen molar-refractivity contribution < 1.29 is 4.79 Å². The van der Waals surface area contributed by atoms with Crippen LogP contribution in [0.2, 0.25) is 0 Å². The molecule has 0 bridgehead atoms. The van der Waals surface area contributed by atoms with Gasteiger partial charge >= 0.3 is 0 Å². The molecular weight excluding hydrogens is 294 g/mol. The summed E-state index contributed by atoms with van der Waals surface area (Å²) in [6.07, 6.45) is 0.839. The minimum absolute atomic E-state index is 0.0219. The van der Waals surface area contributed by atoms with Crippen molar-refractivity contribution in [2.24, 2.45) is 5.92 Å². The van der Waals surface area contributed by atoms with Crippen molar-refractivity contribution in [1.29, 1.82) is 5.26 Å². The van der Waals surface area contributed by atoms with Crippen LogP contribution in [-0.4, -0.2) is 18.5 Å². The molecule has 4 nitrogen and oxygen atoms in total. The van der Waals surface area contributed by atoms with E-state index in [1.54, 1.807) is 12.1 Å². The van der Waals surface area contributed by atoms with Gasteiger partial charge in [0, 0.05) is 10.5 Å². The van der Waals surface area contributed by atoms with Crippen molar-refractivity contribution in [3.05, 3.63) is 28.2 Å². The topological polar surface area (TPSA) is 64.9 Å². The number of nitrogens with one attached hydrogen (secondary N) is 2. The Hall–Kier alpha value is -1.38. The highest BCUT2D eigenvalue weighted by atomic mass is 79.9. The number of halogens is 1. The normalized spacial score (nSPS) is 22.5. The van der Waals surface area contributed by atoms with Gasteiger partial charge in [-0.25, -0.2) is 0 Å². The second-order valence-electron chi connectivity index (χ2n) is 4.43. The van der Waals surface area contributed by atoms with E-state index in [2.05, 4.69) is 32.6 Å². The summed E-state index contributed by atoms with van der Waals surface area (Å²) >= 11 is 3.31. The Labute approximate surface area is 115 Å². The maximum absolute atomic E-state index is 12.1. The van der Waals surface area contributed by atoms with Crippen molar-refractivity contribution in [3.63, 3.8) is 0 Å². The van der Waals surface area contributed by atoms with E-state index in [-0.39, 0.29) is 17.9 Å². The highest BCUT2D eigenvalue weighted by molar-refractivity contribution is 9.10. The Balaban J connectivity index is 2.14. The lowest BCUT2D eigenvalue weighted by Crippen LogP contribution is -2.32. The van der Waals surface area contributed by atoms with Gasteiger partial charge in [0.05, 0.1) is 17.2 Å². The maximum Gasteiger partial charge on any atom is 0.229 e. The fraction of sp³-hybridized carbons (Fsp3) is 0.385. The van der Waals surface area contributed by atoms with Crippen LogP contribution in [0, 0.1) is 17.2 Å². The molecule has 1 aromatic rings. The predicted molar refractivity (Wildman–Crippen MR) is 73.1 cm³/mol. The van der Waals surface area contributed by atoms with Crippen LogP contribution in [0.4, 0.5) is 5.69 Å². The smallest absolute Gasteiger partial charge is 0.229 e. The lowest BCUT2D eigenvalue weighted by atomic mass is 10.0. The van der Waals surface area contributed by atoms with Gasteiger partial charge in [0.15, 0.2) is 0 Å². The average Bonchev–Trinajstić information content (AvgIpc) is 2.77. The molecule has 0 spiro atoms. The second kappa shape index (κ2) is 5.51. The highest BCUT2D eigenvalue weighted by Gasteiger charge is 2.29. The Bertz CT molecular complexity index is 509. The molecule has 1 heterocycles. The van der Waals surface area contributed by atoms with Crippen LogP contribution in [0.15, 0.2) is 22.7 Å². The molecule has 1 aromatic carbocycles. The van der Waals surface area contributed by atoms with Crippen LogP contribution < -0.4 is 10.6 Å². The van der Waals surface area contributed by atoms with Crippen LogP contribution in [0.25, 0.3) is 0 Å². The molecule has 1 amide bonds. The van der Waals surface area contributed by atoms with Crippen LogP contribution in [0.1, 0.15) is 18.9 Å². The first-order valence-electron chi connectivity index (χ1n) is 5.85. The summed E-state index contributed by atoms with van der Waals surface area (Å²) in [5, 5.41) is 15.1. The molecule has 1 aliphatic heterocycles. The average molecular weight is 308 g/mol. The van der Waals surface area contributed by atoms with Crippen molar-refractivity contribution in [2.75, 3.05) is 11.9 Å². The van der Waals surface area contributed by atoms with E-state index in [4.69, 9.17) is 5.26 Å². The number of hydrogen-bond donors (Lipinski definition) is 2. The molecule has 2 N–H and O–H groups in total. The largest absolute Gasteiger partial charge is 0.325 e. The molecular formula is C13H14BrN3O. The second-order valence-corrected chi connectivity index (χ2v) is 5.34. The number of carbonyl (C=O) groups is 1. The minimum Gasteiger partial charge on any atom is -0.325 e. The molecule has 94 valence electrons. The lowest BCUT2D eigenvalue weighted by molar-refractivity contribution is -0.120. The number of nitrogens with zero attached hydrogens (tertiary/aromatic N) is 1. The molecule has 2 unspecified atom stereocenters. The highest BCUT2D eigenvalue weighted by Crippen LogP contribution is 2.23. The molecule has 1 fully saturated rings. The number of hydrogen-bond acceptors (Lipinski definition) is 3. The zero-order valence-electron chi connectivity index (χ0n) is 10.0. The van der Waals surface area contributed by atoms with Gasteiger partial charge in [-0.1, -0.05) is 15.9 Å². The molecule has 0 aromatic heterocycles. The Kier molecular flexibility index (Phi) is 4.00. The molecule has 0 saturated carbocycles. The van der Waals surface area contributed by atoms with Gasteiger partial charge in [-0.05, 0) is 38.1 Å². The number of anilines is 1. The van der Waals surface area contributed by atoms with E-state index in [1.807, 2.05) is 13.0 Å². The molecule has 18 heavy (non-hydrogen) atoms. The maximum atomic E-state index is 12.1. The number of carbonyl (C=O) groups excluding carboxylic acids is 1. The van der Waals surface area contributed by atoms with Crippen LogP contribution in [0.5, 0.6) is 0 Å². The molecule has 1 saturated heterocycles. The minimum atomic E-state index is -0.0276. The number of benzene rings is 1. The summed E-state index contributed by atoms with van der Waals surface area (Å²) in [5.74, 6) is -0.0495. The first-order chi connectivity index (χ1) is 8.61. The van der Waals surface area contributed by atoms with E-state index in [1.165, 1.54) is 0 Å². The summed E-state index contributed by atoms with van der Waals surface area (Å²) in [6, 6.07) is 7.53. The van der Waals surface area contributed by atoms with Gasteiger partial charge in [0.2, 0.25) is 5.91 Å². The van der Waals surface area contributed by atoms with Crippen molar-refractivity contribution >= 4 is 27.5 Å². The van der Waals surface area contributed by atoms with Gasteiger partial charge in [0.1, 0.15) is 6.07 Å². The van der Waals surface area contributed by atoms with Gasteiger partial charge in [-0.3, -0.25) is 4.79 Å². The number of rotatable bonds is 2.